The number of benzene rings is 1. The predicted octanol–water partition coefficient (Wildman–Crippen LogP) is 6.28. The van der Waals surface area contributed by atoms with E-state index in [1.807, 2.05) is 0 Å². The number of hydrogen-bond acceptors (Lipinski definition) is 2. The standard InChI is InChI=1S/C23H33FO2/c1-8-11-26-21-13-19-17(12-16(21)15(2)20(24)14-25)18(22(3,4)5)9-10-23(19,6)7/h9,12-13,25H,8,10-11,14H2,1-7H3. The van der Waals surface area contributed by atoms with Crippen LogP contribution in [0, 0.1) is 5.41 Å². The lowest BCUT2D eigenvalue weighted by atomic mass is 9.67. The molecular formula is C23H33FO2. The van der Waals surface area contributed by atoms with Crippen LogP contribution in [0.2, 0.25) is 0 Å². The van der Waals surface area contributed by atoms with Gasteiger partial charge in [0.2, 0.25) is 0 Å². The Labute approximate surface area is 157 Å². The van der Waals surface area contributed by atoms with Crippen LogP contribution in [0.25, 0.3) is 11.1 Å². The second kappa shape index (κ2) is 7.56. The van der Waals surface area contributed by atoms with E-state index in [1.54, 1.807) is 6.92 Å². The maximum Gasteiger partial charge on any atom is 0.129 e. The average molecular weight is 361 g/mol. The van der Waals surface area contributed by atoms with Crippen LogP contribution in [0.1, 0.15) is 78.0 Å². The Morgan fingerprint density at radius 3 is 2.46 bits per heavy atom. The van der Waals surface area contributed by atoms with Crippen LogP contribution in [0.15, 0.2) is 24.0 Å². The normalized spacial score (nSPS) is 17.3. The van der Waals surface area contributed by atoms with Gasteiger partial charge >= 0.3 is 0 Å². The molecule has 0 amide bonds. The van der Waals surface area contributed by atoms with Crippen molar-refractivity contribution in [3.63, 3.8) is 0 Å². The molecule has 0 radical (unpaired) electrons. The van der Waals surface area contributed by atoms with Gasteiger partial charge in [0.1, 0.15) is 11.6 Å². The van der Waals surface area contributed by atoms with E-state index in [9.17, 15) is 9.50 Å². The zero-order valence-electron chi connectivity index (χ0n) is 17.3. The van der Waals surface area contributed by atoms with Gasteiger partial charge in [-0.3, -0.25) is 0 Å². The number of fused-ring (bicyclic) bond motifs is 1. The van der Waals surface area contributed by atoms with Gasteiger partial charge in [0, 0.05) is 5.56 Å². The summed E-state index contributed by atoms with van der Waals surface area (Å²) in [6, 6.07) is 4.15. The Morgan fingerprint density at radius 1 is 1.27 bits per heavy atom. The Morgan fingerprint density at radius 2 is 1.92 bits per heavy atom. The minimum absolute atomic E-state index is 0.0000796. The third-order valence-corrected chi connectivity index (χ3v) is 5.17. The fourth-order valence-electron chi connectivity index (χ4n) is 3.54. The van der Waals surface area contributed by atoms with E-state index >= 15 is 0 Å². The minimum Gasteiger partial charge on any atom is -0.493 e. The van der Waals surface area contributed by atoms with Gasteiger partial charge in [-0.25, -0.2) is 4.39 Å². The van der Waals surface area contributed by atoms with Gasteiger partial charge in [-0.2, -0.15) is 0 Å². The topological polar surface area (TPSA) is 29.5 Å². The highest BCUT2D eigenvalue weighted by Crippen LogP contribution is 2.48. The highest BCUT2D eigenvalue weighted by molar-refractivity contribution is 5.81. The van der Waals surface area contributed by atoms with Gasteiger partial charge in [-0.05, 0) is 65.0 Å². The van der Waals surface area contributed by atoms with Crippen molar-refractivity contribution >= 4 is 11.1 Å². The van der Waals surface area contributed by atoms with E-state index < -0.39 is 12.4 Å². The first-order valence-corrected chi connectivity index (χ1v) is 9.51. The smallest absolute Gasteiger partial charge is 0.129 e. The third kappa shape index (κ3) is 4.03. The van der Waals surface area contributed by atoms with Gasteiger partial charge < -0.3 is 9.84 Å². The van der Waals surface area contributed by atoms with Gasteiger partial charge in [0.25, 0.3) is 0 Å². The lowest BCUT2D eigenvalue weighted by Crippen LogP contribution is -2.25. The molecule has 2 rings (SSSR count). The molecule has 1 aromatic rings. The molecule has 0 fully saturated rings. The van der Waals surface area contributed by atoms with Crippen molar-refractivity contribution in [2.24, 2.45) is 5.41 Å². The summed E-state index contributed by atoms with van der Waals surface area (Å²) in [5, 5.41) is 9.25. The molecule has 0 atom stereocenters. The lowest BCUT2D eigenvalue weighted by molar-refractivity contribution is 0.298. The van der Waals surface area contributed by atoms with Crippen molar-refractivity contribution in [2.45, 2.75) is 66.7 Å². The minimum atomic E-state index is -0.594. The van der Waals surface area contributed by atoms with Crippen molar-refractivity contribution in [2.75, 3.05) is 13.2 Å². The van der Waals surface area contributed by atoms with Crippen molar-refractivity contribution in [3.05, 3.63) is 40.7 Å². The molecule has 0 unspecified atom stereocenters. The molecule has 0 saturated carbocycles. The molecule has 0 bridgehead atoms. The van der Waals surface area contributed by atoms with E-state index in [0.29, 0.717) is 17.9 Å². The number of ether oxygens (including phenoxy) is 1. The molecule has 1 aliphatic rings. The van der Waals surface area contributed by atoms with E-state index in [0.717, 1.165) is 24.0 Å². The SMILES string of the molecule is CCCOc1cc2c(cc1C(C)=C(F)CO)C(C(C)(C)C)=CCC2(C)C. The maximum atomic E-state index is 14.2. The molecule has 1 N–H and O–H groups in total. The highest BCUT2D eigenvalue weighted by atomic mass is 19.1. The molecule has 0 saturated heterocycles. The summed E-state index contributed by atoms with van der Waals surface area (Å²) in [7, 11) is 0. The Bertz CT molecular complexity index is 733. The van der Waals surface area contributed by atoms with E-state index in [1.165, 1.54) is 11.1 Å². The number of aliphatic hydroxyl groups excluding tert-OH is 1. The van der Waals surface area contributed by atoms with Crippen LogP contribution in [0.3, 0.4) is 0 Å². The quantitative estimate of drug-likeness (QED) is 0.669. The fraction of sp³-hybridized carbons (Fsp3) is 0.565. The molecule has 0 spiro atoms. The first-order chi connectivity index (χ1) is 12.0. The summed E-state index contributed by atoms with van der Waals surface area (Å²) in [5.74, 6) is 0.192. The van der Waals surface area contributed by atoms with Gasteiger partial charge in [-0.1, -0.05) is 47.6 Å². The largest absolute Gasteiger partial charge is 0.493 e. The number of rotatable bonds is 5. The number of halogens is 1. The van der Waals surface area contributed by atoms with Gasteiger partial charge in [-0.15, -0.1) is 0 Å². The zero-order chi connectivity index (χ0) is 19.7. The molecular weight excluding hydrogens is 327 g/mol. The molecule has 1 aliphatic carbocycles. The summed E-state index contributed by atoms with van der Waals surface area (Å²) >= 11 is 0. The second-order valence-electron chi connectivity index (χ2n) is 8.89. The van der Waals surface area contributed by atoms with Crippen molar-refractivity contribution in [1.82, 2.24) is 0 Å². The Balaban J connectivity index is 2.77. The summed E-state index contributed by atoms with van der Waals surface area (Å²) in [6.45, 7) is 14.9. The molecule has 26 heavy (non-hydrogen) atoms. The zero-order valence-corrected chi connectivity index (χ0v) is 17.3. The average Bonchev–Trinajstić information content (AvgIpc) is 2.56. The second-order valence-corrected chi connectivity index (χ2v) is 8.89. The van der Waals surface area contributed by atoms with Crippen LogP contribution < -0.4 is 4.74 Å². The summed E-state index contributed by atoms with van der Waals surface area (Å²) in [6.07, 6.45) is 4.18. The fourth-order valence-corrected chi connectivity index (χ4v) is 3.54. The number of aliphatic hydroxyl groups is 1. The summed E-state index contributed by atoms with van der Waals surface area (Å²) in [4.78, 5) is 0. The van der Waals surface area contributed by atoms with Crippen LogP contribution in [-0.4, -0.2) is 18.3 Å². The maximum absolute atomic E-state index is 14.2. The molecule has 0 aromatic heterocycles. The monoisotopic (exact) mass is 360 g/mol. The first-order valence-electron chi connectivity index (χ1n) is 9.51. The first kappa shape index (κ1) is 20.7. The molecule has 2 nitrogen and oxygen atoms in total. The Kier molecular flexibility index (Phi) is 6.02. The van der Waals surface area contributed by atoms with Crippen molar-refractivity contribution < 1.29 is 14.2 Å². The van der Waals surface area contributed by atoms with Gasteiger partial charge in [0.05, 0.1) is 13.2 Å². The van der Waals surface area contributed by atoms with Crippen LogP contribution >= 0.6 is 0 Å². The third-order valence-electron chi connectivity index (χ3n) is 5.17. The summed E-state index contributed by atoms with van der Waals surface area (Å²) < 4.78 is 20.2. The Hall–Kier alpha value is -1.61. The van der Waals surface area contributed by atoms with E-state index in [2.05, 4.69) is 59.8 Å². The van der Waals surface area contributed by atoms with E-state index in [-0.39, 0.29) is 10.8 Å². The van der Waals surface area contributed by atoms with Crippen molar-refractivity contribution in [1.29, 1.82) is 0 Å². The number of hydrogen-bond donors (Lipinski definition) is 1. The van der Waals surface area contributed by atoms with Crippen LogP contribution in [0.5, 0.6) is 5.75 Å². The lowest BCUT2D eigenvalue weighted by Gasteiger charge is -2.37. The van der Waals surface area contributed by atoms with E-state index in [4.69, 9.17) is 4.74 Å². The molecule has 144 valence electrons. The van der Waals surface area contributed by atoms with Gasteiger partial charge in [0.15, 0.2) is 0 Å². The summed E-state index contributed by atoms with van der Waals surface area (Å²) in [5.41, 5.74) is 4.87. The molecule has 3 heteroatoms. The molecule has 1 aromatic carbocycles. The van der Waals surface area contributed by atoms with Crippen molar-refractivity contribution in [3.8, 4) is 5.75 Å². The number of allylic oxidation sites excluding steroid dienone is 3. The van der Waals surface area contributed by atoms with Crippen LogP contribution in [0.4, 0.5) is 4.39 Å². The molecule has 0 heterocycles. The van der Waals surface area contributed by atoms with Crippen LogP contribution in [-0.2, 0) is 5.41 Å². The molecule has 0 aliphatic heterocycles. The predicted molar refractivity (Wildman–Crippen MR) is 108 cm³/mol. The highest BCUT2D eigenvalue weighted by Gasteiger charge is 2.33.